The van der Waals surface area contributed by atoms with Gasteiger partial charge in [-0.2, -0.15) is 12.6 Å². The van der Waals surface area contributed by atoms with Crippen molar-refractivity contribution in [3.8, 4) is 5.75 Å². The number of hydrogen-bond donors (Lipinski definition) is 2. The van der Waals surface area contributed by atoms with Crippen LogP contribution >= 0.6 is 12.6 Å². The highest BCUT2D eigenvalue weighted by atomic mass is 32.1. The number of ketones is 1. The summed E-state index contributed by atoms with van der Waals surface area (Å²) in [7, 11) is 0. The van der Waals surface area contributed by atoms with Crippen LogP contribution in [-0.2, 0) is 20.9 Å². The van der Waals surface area contributed by atoms with Crippen molar-refractivity contribution in [2.45, 2.75) is 46.3 Å². The van der Waals surface area contributed by atoms with E-state index in [1.807, 2.05) is 10.6 Å². The lowest BCUT2D eigenvalue weighted by atomic mass is 10.1. The van der Waals surface area contributed by atoms with Crippen molar-refractivity contribution in [2.24, 2.45) is 5.73 Å². The molecule has 2 aromatic rings. The van der Waals surface area contributed by atoms with Gasteiger partial charge in [-0.25, -0.2) is 4.79 Å². The Morgan fingerprint density at radius 3 is 2.46 bits per heavy atom. The zero-order valence-corrected chi connectivity index (χ0v) is 17.5. The van der Waals surface area contributed by atoms with Crippen molar-refractivity contribution in [1.82, 2.24) is 4.57 Å². The van der Waals surface area contributed by atoms with Crippen molar-refractivity contribution in [1.29, 1.82) is 0 Å². The van der Waals surface area contributed by atoms with E-state index in [1.54, 1.807) is 39.8 Å². The van der Waals surface area contributed by atoms with Gasteiger partial charge in [0.2, 0.25) is 0 Å². The van der Waals surface area contributed by atoms with Crippen LogP contribution in [0.25, 0.3) is 10.9 Å². The maximum absolute atomic E-state index is 12.5. The van der Waals surface area contributed by atoms with Gasteiger partial charge in [0, 0.05) is 12.2 Å². The predicted molar refractivity (Wildman–Crippen MR) is 110 cm³/mol. The summed E-state index contributed by atoms with van der Waals surface area (Å²) in [5, 5.41) is 0.464. The Kier molecular flexibility index (Phi) is 6.77. The molecule has 0 atom stereocenters. The first kappa shape index (κ1) is 21.8. The van der Waals surface area contributed by atoms with E-state index in [-0.39, 0.29) is 12.2 Å². The third kappa shape index (κ3) is 4.86. The second-order valence-corrected chi connectivity index (χ2v) is 7.86. The van der Waals surface area contributed by atoms with Crippen molar-refractivity contribution < 1.29 is 23.9 Å². The van der Waals surface area contributed by atoms with Crippen molar-refractivity contribution >= 4 is 41.2 Å². The molecule has 0 fully saturated rings. The fraction of sp³-hybridized carbons (Fsp3) is 0.450. The molecule has 0 unspecified atom stereocenters. The topological polar surface area (TPSA) is 101 Å². The number of carbonyl (C=O) groups excluding carboxylic acids is 3. The van der Waals surface area contributed by atoms with Gasteiger partial charge in [0.1, 0.15) is 11.4 Å². The standard InChI is InChI=1S/C20H26N2O5S/c1-12-16(18(24)19(21)25)17-13(22(12)9-6-10-28)7-5-8-14(17)26-11-15(23)27-20(2,3)4/h5,7-8,28H,6,9-11H2,1-4H3,(H2,21,25). The average molecular weight is 407 g/mol. The molecular formula is C20H26N2O5S. The molecule has 1 aromatic heterocycles. The van der Waals surface area contributed by atoms with Crippen LogP contribution in [0.15, 0.2) is 18.2 Å². The lowest BCUT2D eigenvalue weighted by Gasteiger charge is -2.19. The number of esters is 1. The molecule has 1 aromatic carbocycles. The van der Waals surface area contributed by atoms with Crippen LogP contribution in [0.3, 0.4) is 0 Å². The maximum Gasteiger partial charge on any atom is 0.344 e. The molecule has 0 saturated heterocycles. The lowest BCUT2D eigenvalue weighted by Crippen LogP contribution is -2.27. The van der Waals surface area contributed by atoms with Crippen molar-refractivity contribution in [2.75, 3.05) is 12.4 Å². The van der Waals surface area contributed by atoms with Gasteiger partial charge in [0.05, 0.1) is 16.5 Å². The second kappa shape index (κ2) is 8.68. The first-order valence-electron chi connectivity index (χ1n) is 8.98. The van der Waals surface area contributed by atoms with Gasteiger partial charge in [0.25, 0.3) is 11.7 Å². The Labute approximate surface area is 169 Å². The number of thiol groups is 1. The molecule has 0 radical (unpaired) electrons. The SMILES string of the molecule is Cc1c(C(=O)C(N)=O)c2c(OCC(=O)OC(C)(C)C)cccc2n1CCCS. The number of benzene rings is 1. The number of nitrogens with zero attached hydrogens (tertiary/aromatic N) is 1. The molecule has 1 heterocycles. The highest BCUT2D eigenvalue weighted by molar-refractivity contribution is 7.80. The Hall–Kier alpha value is -2.48. The van der Waals surface area contributed by atoms with Crippen LogP contribution in [0, 0.1) is 6.92 Å². The molecule has 0 aliphatic rings. The van der Waals surface area contributed by atoms with Gasteiger partial charge in [-0.1, -0.05) is 6.07 Å². The van der Waals surface area contributed by atoms with E-state index >= 15 is 0 Å². The number of amides is 1. The van der Waals surface area contributed by atoms with Crippen LogP contribution in [0.4, 0.5) is 0 Å². The van der Waals surface area contributed by atoms with E-state index < -0.39 is 23.3 Å². The van der Waals surface area contributed by atoms with Gasteiger partial charge in [-0.3, -0.25) is 9.59 Å². The Morgan fingerprint density at radius 1 is 1.21 bits per heavy atom. The fourth-order valence-corrected chi connectivity index (χ4v) is 3.18. The lowest BCUT2D eigenvalue weighted by molar-refractivity contribution is -0.157. The smallest absolute Gasteiger partial charge is 0.344 e. The normalized spacial score (nSPS) is 11.5. The molecule has 1 amide bonds. The maximum atomic E-state index is 12.5. The highest BCUT2D eigenvalue weighted by Gasteiger charge is 2.26. The Balaban J connectivity index is 2.51. The highest BCUT2D eigenvalue weighted by Crippen LogP contribution is 2.34. The summed E-state index contributed by atoms with van der Waals surface area (Å²) in [6, 6.07) is 5.24. The molecule has 152 valence electrons. The van der Waals surface area contributed by atoms with E-state index in [2.05, 4.69) is 12.6 Å². The second-order valence-electron chi connectivity index (χ2n) is 7.41. The van der Waals surface area contributed by atoms with Gasteiger partial charge in [-0.15, -0.1) is 0 Å². The van der Waals surface area contributed by atoms with E-state index in [1.165, 1.54) is 0 Å². The molecule has 8 heteroatoms. The molecular weight excluding hydrogens is 380 g/mol. The number of carbonyl (C=O) groups is 3. The first-order valence-corrected chi connectivity index (χ1v) is 9.61. The summed E-state index contributed by atoms with van der Waals surface area (Å²) in [6.45, 7) is 7.35. The van der Waals surface area contributed by atoms with E-state index in [4.69, 9.17) is 15.2 Å². The minimum atomic E-state index is -1.04. The molecule has 2 N–H and O–H groups in total. The summed E-state index contributed by atoms with van der Waals surface area (Å²) >= 11 is 4.24. The summed E-state index contributed by atoms with van der Waals surface area (Å²) in [6.07, 6.45) is 0.779. The zero-order chi connectivity index (χ0) is 21.1. The number of nitrogens with two attached hydrogens (primary N) is 1. The first-order chi connectivity index (χ1) is 13.1. The van der Waals surface area contributed by atoms with Crippen molar-refractivity contribution in [3.63, 3.8) is 0 Å². The molecule has 2 rings (SSSR count). The number of Topliss-reactive ketones (excluding diaryl/α,β-unsaturated/α-hetero) is 1. The number of ether oxygens (including phenoxy) is 2. The Bertz CT molecular complexity index is 911. The largest absolute Gasteiger partial charge is 0.481 e. The van der Waals surface area contributed by atoms with Crippen LogP contribution < -0.4 is 10.5 Å². The zero-order valence-electron chi connectivity index (χ0n) is 16.6. The number of hydrogen-bond acceptors (Lipinski definition) is 6. The van der Waals surface area contributed by atoms with Crippen LogP contribution in [0.1, 0.15) is 43.2 Å². The molecule has 0 saturated carbocycles. The fourth-order valence-electron chi connectivity index (χ4n) is 3.04. The summed E-state index contributed by atoms with van der Waals surface area (Å²) in [4.78, 5) is 36.1. The monoisotopic (exact) mass is 406 g/mol. The number of aryl methyl sites for hydroxylation is 1. The van der Waals surface area contributed by atoms with Crippen LogP contribution in [0.5, 0.6) is 5.75 Å². The van der Waals surface area contributed by atoms with Crippen LogP contribution in [0.2, 0.25) is 0 Å². The third-order valence-corrected chi connectivity index (χ3v) is 4.38. The van der Waals surface area contributed by atoms with E-state index in [0.717, 1.165) is 11.9 Å². The molecule has 0 aliphatic carbocycles. The molecule has 0 spiro atoms. The van der Waals surface area contributed by atoms with E-state index in [0.29, 0.717) is 29.1 Å². The minimum Gasteiger partial charge on any atom is -0.481 e. The Morgan fingerprint density at radius 2 is 1.89 bits per heavy atom. The molecule has 0 bridgehead atoms. The summed E-state index contributed by atoms with van der Waals surface area (Å²) in [5.41, 5.74) is 6.16. The number of fused-ring (bicyclic) bond motifs is 1. The summed E-state index contributed by atoms with van der Waals surface area (Å²) in [5.74, 6) is -1.37. The number of primary amides is 1. The molecule has 0 aliphatic heterocycles. The number of rotatable bonds is 8. The minimum absolute atomic E-state index is 0.196. The van der Waals surface area contributed by atoms with Gasteiger partial charge in [-0.05, 0) is 52.0 Å². The average Bonchev–Trinajstić information content (AvgIpc) is 2.88. The predicted octanol–water partition coefficient (Wildman–Crippen LogP) is 2.66. The van der Waals surface area contributed by atoms with Crippen LogP contribution in [-0.4, -0.2) is 40.2 Å². The van der Waals surface area contributed by atoms with Crippen molar-refractivity contribution in [3.05, 3.63) is 29.5 Å². The van der Waals surface area contributed by atoms with Gasteiger partial charge >= 0.3 is 5.97 Å². The third-order valence-electron chi connectivity index (χ3n) is 4.07. The van der Waals surface area contributed by atoms with Gasteiger partial charge < -0.3 is 19.8 Å². The number of aromatic nitrogens is 1. The summed E-state index contributed by atoms with van der Waals surface area (Å²) < 4.78 is 12.8. The van der Waals surface area contributed by atoms with E-state index in [9.17, 15) is 14.4 Å². The quantitative estimate of drug-likeness (QED) is 0.304. The molecule has 28 heavy (non-hydrogen) atoms. The van der Waals surface area contributed by atoms with Gasteiger partial charge in [0.15, 0.2) is 6.61 Å². The molecule has 7 nitrogen and oxygen atoms in total.